The predicted octanol–water partition coefficient (Wildman–Crippen LogP) is 6.01. The van der Waals surface area contributed by atoms with E-state index < -0.39 is 0 Å². The molecule has 0 saturated heterocycles. The molecule has 3 nitrogen and oxygen atoms in total. The van der Waals surface area contributed by atoms with Crippen molar-refractivity contribution >= 4 is 23.4 Å². The van der Waals surface area contributed by atoms with Gasteiger partial charge in [-0.25, -0.2) is 4.98 Å². The van der Waals surface area contributed by atoms with Crippen LogP contribution in [0.5, 0.6) is 0 Å². The Hall–Kier alpha value is -2.69. The second-order valence-corrected chi connectivity index (χ2v) is 7.05. The summed E-state index contributed by atoms with van der Waals surface area (Å²) in [6.07, 6.45) is 0. The van der Waals surface area contributed by atoms with Crippen molar-refractivity contribution in [1.82, 2.24) is 15.0 Å². The number of hydrogen-bond acceptors (Lipinski definition) is 4. The molecule has 26 heavy (non-hydrogen) atoms. The van der Waals surface area contributed by atoms with Crippen LogP contribution >= 0.6 is 23.4 Å². The number of hydrogen-bond donors (Lipinski definition) is 0. The third kappa shape index (κ3) is 3.93. The molecule has 0 unspecified atom stereocenters. The molecule has 0 fully saturated rings. The van der Waals surface area contributed by atoms with E-state index in [9.17, 15) is 0 Å². The van der Waals surface area contributed by atoms with Crippen LogP contribution in [0, 0.1) is 0 Å². The minimum absolute atomic E-state index is 0.190. The highest BCUT2D eigenvalue weighted by Crippen LogP contribution is 2.30. The van der Waals surface area contributed by atoms with Gasteiger partial charge in [0.25, 0.3) is 0 Å². The molecule has 0 atom stereocenters. The maximum absolute atomic E-state index is 6.15. The molecule has 5 heteroatoms. The van der Waals surface area contributed by atoms with Crippen LogP contribution in [0.2, 0.25) is 5.28 Å². The van der Waals surface area contributed by atoms with Gasteiger partial charge in [-0.1, -0.05) is 72.4 Å². The molecule has 0 spiro atoms. The molecule has 4 aromatic rings. The lowest BCUT2D eigenvalue weighted by Crippen LogP contribution is -1.97. The molecular weight excluding hydrogens is 362 g/mol. The van der Waals surface area contributed by atoms with Crippen LogP contribution in [-0.4, -0.2) is 15.0 Å². The van der Waals surface area contributed by atoms with Gasteiger partial charge in [0, 0.05) is 20.9 Å². The van der Waals surface area contributed by atoms with Crippen molar-refractivity contribution in [3.8, 4) is 22.8 Å². The van der Waals surface area contributed by atoms with Crippen molar-refractivity contribution in [2.45, 2.75) is 9.79 Å². The highest BCUT2D eigenvalue weighted by Gasteiger charge is 2.10. The monoisotopic (exact) mass is 375 g/mol. The molecule has 0 aliphatic rings. The maximum atomic E-state index is 6.15. The fourth-order valence-corrected chi connectivity index (χ4v) is 3.58. The second kappa shape index (κ2) is 7.68. The van der Waals surface area contributed by atoms with Gasteiger partial charge in [0.15, 0.2) is 11.6 Å². The Labute approximate surface area is 161 Å². The minimum Gasteiger partial charge on any atom is -0.208 e. The largest absolute Gasteiger partial charge is 0.226 e. The van der Waals surface area contributed by atoms with Crippen molar-refractivity contribution in [2.24, 2.45) is 0 Å². The van der Waals surface area contributed by atoms with Crippen molar-refractivity contribution in [3.63, 3.8) is 0 Å². The van der Waals surface area contributed by atoms with Crippen LogP contribution in [-0.2, 0) is 0 Å². The number of halogens is 1. The van der Waals surface area contributed by atoms with Gasteiger partial charge in [-0.3, -0.25) is 0 Å². The van der Waals surface area contributed by atoms with Crippen molar-refractivity contribution in [3.05, 3.63) is 90.2 Å². The molecule has 0 N–H and O–H groups in total. The van der Waals surface area contributed by atoms with Crippen LogP contribution in [0.3, 0.4) is 0 Å². The van der Waals surface area contributed by atoms with Gasteiger partial charge >= 0.3 is 0 Å². The van der Waals surface area contributed by atoms with Crippen LogP contribution in [0.25, 0.3) is 22.8 Å². The second-order valence-electron chi connectivity index (χ2n) is 5.56. The summed E-state index contributed by atoms with van der Waals surface area (Å²) in [6, 6.07) is 28.1. The molecule has 0 bridgehead atoms. The topological polar surface area (TPSA) is 38.7 Å². The van der Waals surface area contributed by atoms with Crippen LogP contribution in [0.15, 0.2) is 94.7 Å². The molecule has 0 aliphatic heterocycles. The SMILES string of the molecule is Clc1nc(-c2ccccc2)nc(-c2cccc(Sc3ccccc3)c2)n1. The van der Waals surface area contributed by atoms with Gasteiger partial charge in [-0.2, -0.15) is 9.97 Å². The lowest BCUT2D eigenvalue weighted by molar-refractivity contribution is 1.06. The van der Waals surface area contributed by atoms with E-state index in [1.807, 2.05) is 60.7 Å². The fourth-order valence-electron chi connectivity index (χ4n) is 2.52. The molecule has 1 heterocycles. The van der Waals surface area contributed by atoms with E-state index >= 15 is 0 Å². The Bertz CT molecular complexity index is 1020. The van der Waals surface area contributed by atoms with Crippen LogP contribution < -0.4 is 0 Å². The van der Waals surface area contributed by atoms with E-state index in [0.717, 1.165) is 16.0 Å². The zero-order valence-electron chi connectivity index (χ0n) is 13.7. The zero-order valence-corrected chi connectivity index (χ0v) is 15.3. The summed E-state index contributed by atoms with van der Waals surface area (Å²) in [4.78, 5) is 15.5. The molecule has 0 radical (unpaired) electrons. The van der Waals surface area contributed by atoms with Gasteiger partial charge in [-0.15, -0.1) is 0 Å². The zero-order chi connectivity index (χ0) is 17.8. The number of rotatable bonds is 4. The first-order valence-corrected chi connectivity index (χ1v) is 9.28. The van der Waals surface area contributed by atoms with Gasteiger partial charge in [0.05, 0.1) is 0 Å². The molecule has 0 amide bonds. The van der Waals surface area contributed by atoms with Crippen LogP contribution in [0.4, 0.5) is 0 Å². The van der Waals surface area contributed by atoms with Crippen molar-refractivity contribution in [1.29, 1.82) is 0 Å². The maximum Gasteiger partial charge on any atom is 0.226 e. The number of aromatic nitrogens is 3. The summed E-state index contributed by atoms with van der Waals surface area (Å²) < 4.78 is 0. The van der Waals surface area contributed by atoms with Crippen molar-refractivity contribution in [2.75, 3.05) is 0 Å². The van der Waals surface area contributed by atoms with E-state index in [4.69, 9.17) is 11.6 Å². The highest BCUT2D eigenvalue weighted by molar-refractivity contribution is 7.99. The van der Waals surface area contributed by atoms with E-state index in [-0.39, 0.29) is 5.28 Å². The molecule has 3 aromatic carbocycles. The molecule has 4 rings (SSSR count). The lowest BCUT2D eigenvalue weighted by atomic mass is 10.2. The van der Waals surface area contributed by atoms with Crippen LogP contribution in [0.1, 0.15) is 0 Å². The molecule has 126 valence electrons. The Morgan fingerprint density at radius 3 is 1.88 bits per heavy atom. The normalized spacial score (nSPS) is 10.7. The summed E-state index contributed by atoms with van der Waals surface area (Å²) in [5.41, 5.74) is 1.82. The summed E-state index contributed by atoms with van der Waals surface area (Å²) in [6.45, 7) is 0. The Kier molecular flexibility index (Phi) is 4.95. The molecule has 0 saturated carbocycles. The molecule has 0 aliphatic carbocycles. The van der Waals surface area contributed by atoms with Gasteiger partial charge in [0.2, 0.25) is 5.28 Å². The highest BCUT2D eigenvalue weighted by atomic mass is 35.5. The number of benzene rings is 3. The smallest absolute Gasteiger partial charge is 0.208 e. The van der Waals surface area contributed by atoms with Gasteiger partial charge in [-0.05, 0) is 35.9 Å². The fraction of sp³-hybridized carbons (Fsp3) is 0. The average molecular weight is 376 g/mol. The first-order valence-electron chi connectivity index (χ1n) is 8.08. The van der Waals surface area contributed by atoms with Gasteiger partial charge in [0.1, 0.15) is 0 Å². The third-order valence-electron chi connectivity index (χ3n) is 3.71. The minimum atomic E-state index is 0.190. The summed E-state index contributed by atoms with van der Waals surface area (Å²) in [5.74, 6) is 1.14. The summed E-state index contributed by atoms with van der Waals surface area (Å²) >= 11 is 7.85. The first kappa shape index (κ1) is 16.8. The Morgan fingerprint density at radius 2 is 1.15 bits per heavy atom. The first-order chi connectivity index (χ1) is 12.8. The number of nitrogens with zero attached hydrogens (tertiary/aromatic N) is 3. The molecule has 1 aromatic heterocycles. The summed E-state index contributed by atoms with van der Waals surface area (Å²) in [7, 11) is 0. The quantitative estimate of drug-likeness (QED) is 0.437. The van der Waals surface area contributed by atoms with Crippen molar-refractivity contribution < 1.29 is 0 Å². The predicted molar refractivity (Wildman–Crippen MR) is 106 cm³/mol. The molecular formula is C21H14ClN3S. The van der Waals surface area contributed by atoms with E-state index in [1.165, 1.54) is 4.90 Å². The Balaban J connectivity index is 1.69. The lowest BCUT2D eigenvalue weighted by Gasteiger charge is -2.07. The Morgan fingerprint density at radius 1 is 0.577 bits per heavy atom. The average Bonchev–Trinajstić information content (AvgIpc) is 2.69. The summed E-state index contributed by atoms with van der Waals surface area (Å²) in [5, 5.41) is 0.190. The van der Waals surface area contributed by atoms with E-state index in [1.54, 1.807) is 11.8 Å². The van der Waals surface area contributed by atoms with E-state index in [0.29, 0.717) is 11.6 Å². The van der Waals surface area contributed by atoms with E-state index in [2.05, 4.69) is 39.2 Å². The standard InChI is InChI=1S/C21H14ClN3S/c22-21-24-19(15-8-3-1-4-9-15)23-20(25-21)16-10-7-13-18(14-16)26-17-11-5-2-6-12-17/h1-14H. The third-order valence-corrected chi connectivity index (χ3v) is 4.88. The van der Waals surface area contributed by atoms with Gasteiger partial charge < -0.3 is 0 Å².